The van der Waals surface area contributed by atoms with Crippen LogP contribution in [0.25, 0.3) is 0 Å². The molecule has 1 fully saturated rings. The SMILES string of the molecule is Cc1cc(F)c(NC(=O)C2(C#N)CC(C)C2)cc1F. The molecule has 5 heteroatoms. The number of nitriles is 1. The molecule has 100 valence electrons. The third kappa shape index (κ3) is 2.30. The quantitative estimate of drug-likeness (QED) is 0.892. The van der Waals surface area contributed by atoms with Crippen LogP contribution in [-0.2, 0) is 4.79 Å². The van der Waals surface area contributed by atoms with E-state index in [1.807, 2.05) is 13.0 Å². The number of rotatable bonds is 2. The minimum Gasteiger partial charge on any atom is -0.322 e. The van der Waals surface area contributed by atoms with Crippen molar-refractivity contribution in [3.63, 3.8) is 0 Å². The molecule has 2 rings (SSSR count). The number of aryl methyl sites for hydroxylation is 1. The highest BCUT2D eigenvalue weighted by molar-refractivity contribution is 5.98. The molecular weight excluding hydrogens is 250 g/mol. The zero-order chi connectivity index (χ0) is 14.2. The summed E-state index contributed by atoms with van der Waals surface area (Å²) in [6.07, 6.45) is 0.899. The Kier molecular flexibility index (Phi) is 3.27. The molecule has 1 aromatic rings. The molecule has 19 heavy (non-hydrogen) atoms. The van der Waals surface area contributed by atoms with Gasteiger partial charge in [0.05, 0.1) is 11.8 Å². The van der Waals surface area contributed by atoms with Crippen molar-refractivity contribution >= 4 is 11.6 Å². The first-order valence-electron chi connectivity index (χ1n) is 6.06. The number of amides is 1. The van der Waals surface area contributed by atoms with E-state index in [4.69, 9.17) is 5.26 Å². The molecule has 1 N–H and O–H groups in total. The number of nitrogens with one attached hydrogen (secondary N) is 1. The van der Waals surface area contributed by atoms with Gasteiger partial charge >= 0.3 is 0 Å². The largest absolute Gasteiger partial charge is 0.322 e. The summed E-state index contributed by atoms with van der Waals surface area (Å²) in [5.41, 5.74) is -1.15. The number of carbonyl (C=O) groups is 1. The van der Waals surface area contributed by atoms with Crippen LogP contribution in [0.3, 0.4) is 0 Å². The van der Waals surface area contributed by atoms with Crippen LogP contribution in [0.4, 0.5) is 14.5 Å². The van der Waals surface area contributed by atoms with Crippen molar-refractivity contribution in [2.24, 2.45) is 11.3 Å². The first-order valence-corrected chi connectivity index (χ1v) is 6.06. The zero-order valence-corrected chi connectivity index (χ0v) is 10.8. The summed E-state index contributed by atoms with van der Waals surface area (Å²) < 4.78 is 27.0. The summed E-state index contributed by atoms with van der Waals surface area (Å²) in [4.78, 5) is 12.0. The monoisotopic (exact) mass is 264 g/mol. The number of carbonyl (C=O) groups excluding carboxylic acids is 1. The molecule has 0 saturated heterocycles. The molecule has 1 aliphatic rings. The van der Waals surface area contributed by atoms with E-state index in [1.165, 1.54) is 6.92 Å². The molecule has 0 bridgehead atoms. The summed E-state index contributed by atoms with van der Waals surface area (Å²) in [5.74, 6) is -1.56. The van der Waals surface area contributed by atoms with Crippen LogP contribution in [0.1, 0.15) is 25.3 Å². The van der Waals surface area contributed by atoms with Crippen LogP contribution >= 0.6 is 0 Å². The molecule has 0 unspecified atom stereocenters. The Balaban J connectivity index is 2.20. The zero-order valence-electron chi connectivity index (χ0n) is 10.8. The van der Waals surface area contributed by atoms with Crippen LogP contribution < -0.4 is 5.32 Å². The Morgan fingerprint density at radius 2 is 2.05 bits per heavy atom. The van der Waals surface area contributed by atoms with Crippen LogP contribution in [0.5, 0.6) is 0 Å². The molecule has 1 saturated carbocycles. The van der Waals surface area contributed by atoms with Gasteiger partial charge in [0.15, 0.2) is 0 Å². The molecule has 0 radical (unpaired) electrons. The molecule has 0 atom stereocenters. The maximum Gasteiger partial charge on any atom is 0.244 e. The second-order valence-corrected chi connectivity index (χ2v) is 5.24. The third-order valence-corrected chi connectivity index (χ3v) is 3.54. The minimum atomic E-state index is -1.10. The third-order valence-electron chi connectivity index (χ3n) is 3.54. The Morgan fingerprint density at radius 3 is 2.58 bits per heavy atom. The number of benzene rings is 1. The number of hydrogen-bond acceptors (Lipinski definition) is 2. The summed E-state index contributed by atoms with van der Waals surface area (Å²) >= 11 is 0. The van der Waals surface area contributed by atoms with E-state index in [0.717, 1.165) is 12.1 Å². The van der Waals surface area contributed by atoms with Crippen LogP contribution in [0, 0.1) is 41.2 Å². The minimum absolute atomic E-state index is 0.169. The van der Waals surface area contributed by atoms with Gasteiger partial charge in [-0.05, 0) is 37.3 Å². The van der Waals surface area contributed by atoms with Gasteiger partial charge in [-0.2, -0.15) is 5.26 Å². The predicted molar refractivity (Wildman–Crippen MR) is 66.2 cm³/mol. The van der Waals surface area contributed by atoms with Crippen LogP contribution in [0.2, 0.25) is 0 Å². The molecule has 0 aromatic heterocycles. The highest BCUT2D eigenvalue weighted by Crippen LogP contribution is 2.45. The lowest BCUT2D eigenvalue weighted by Crippen LogP contribution is -2.45. The van der Waals surface area contributed by atoms with Crippen molar-refractivity contribution < 1.29 is 13.6 Å². The topological polar surface area (TPSA) is 52.9 Å². The molecular formula is C14H14F2N2O. The van der Waals surface area contributed by atoms with Gasteiger partial charge in [-0.3, -0.25) is 4.79 Å². The predicted octanol–water partition coefficient (Wildman–Crippen LogP) is 3.15. The fourth-order valence-electron chi connectivity index (χ4n) is 2.44. The second-order valence-electron chi connectivity index (χ2n) is 5.24. The van der Waals surface area contributed by atoms with Crippen molar-refractivity contribution in [1.29, 1.82) is 5.26 Å². The molecule has 0 heterocycles. The first kappa shape index (κ1) is 13.5. The van der Waals surface area contributed by atoms with Gasteiger partial charge < -0.3 is 5.32 Å². The van der Waals surface area contributed by atoms with E-state index in [1.54, 1.807) is 0 Å². The van der Waals surface area contributed by atoms with Crippen LogP contribution in [-0.4, -0.2) is 5.91 Å². The van der Waals surface area contributed by atoms with Gasteiger partial charge in [0.2, 0.25) is 5.91 Å². The van der Waals surface area contributed by atoms with Crippen molar-refractivity contribution in [3.8, 4) is 6.07 Å². The Morgan fingerprint density at radius 1 is 1.42 bits per heavy atom. The lowest BCUT2D eigenvalue weighted by atomic mass is 9.63. The fourth-order valence-corrected chi connectivity index (χ4v) is 2.44. The molecule has 0 aliphatic heterocycles. The highest BCUT2D eigenvalue weighted by Gasteiger charge is 2.49. The lowest BCUT2D eigenvalue weighted by molar-refractivity contribution is -0.128. The average Bonchev–Trinajstić information content (AvgIpc) is 2.31. The maximum absolute atomic E-state index is 13.6. The van der Waals surface area contributed by atoms with Gasteiger partial charge in [-0.25, -0.2) is 8.78 Å². The van der Waals surface area contributed by atoms with Crippen molar-refractivity contribution in [2.75, 3.05) is 5.32 Å². The summed E-state index contributed by atoms with van der Waals surface area (Å²) in [6.45, 7) is 3.38. The van der Waals surface area contributed by atoms with E-state index in [-0.39, 0.29) is 11.3 Å². The van der Waals surface area contributed by atoms with Gasteiger partial charge in [0, 0.05) is 6.07 Å². The van der Waals surface area contributed by atoms with E-state index < -0.39 is 23.0 Å². The Labute approximate surface area is 110 Å². The smallest absolute Gasteiger partial charge is 0.244 e. The van der Waals surface area contributed by atoms with Crippen LogP contribution in [0.15, 0.2) is 12.1 Å². The van der Waals surface area contributed by atoms with E-state index >= 15 is 0 Å². The van der Waals surface area contributed by atoms with Gasteiger partial charge in [0.25, 0.3) is 0 Å². The first-order chi connectivity index (χ1) is 8.88. The second kappa shape index (κ2) is 4.61. The number of halogens is 2. The standard InChI is InChI=1S/C14H14F2N2O/c1-8-5-14(6-8,7-17)13(19)18-12-4-10(15)9(2)3-11(12)16/h3-4,8H,5-6H2,1-2H3,(H,18,19). The molecule has 1 amide bonds. The average molecular weight is 264 g/mol. The lowest BCUT2D eigenvalue weighted by Gasteiger charge is -2.39. The normalized spacial score (nSPS) is 25.3. The Hall–Kier alpha value is -1.96. The number of hydrogen-bond donors (Lipinski definition) is 1. The number of nitrogens with zero attached hydrogens (tertiary/aromatic N) is 1. The van der Waals surface area contributed by atoms with E-state index in [2.05, 4.69) is 5.32 Å². The molecule has 1 aliphatic carbocycles. The fraction of sp³-hybridized carbons (Fsp3) is 0.429. The van der Waals surface area contributed by atoms with Crippen molar-refractivity contribution in [3.05, 3.63) is 29.3 Å². The molecule has 3 nitrogen and oxygen atoms in total. The van der Waals surface area contributed by atoms with Gasteiger partial charge in [0.1, 0.15) is 17.0 Å². The Bertz CT molecular complexity index is 572. The van der Waals surface area contributed by atoms with Crippen molar-refractivity contribution in [2.45, 2.75) is 26.7 Å². The molecule has 0 spiro atoms. The van der Waals surface area contributed by atoms with Gasteiger partial charge in [-0.1, -0.05) is 6.92 Å². The van der Waals surface area contributed by atoms with E-state index in [0.29, 0.717) is 18.8 Å². The number of anilines is 1. The van der Waals surface area contributed by atoms with Gasteiger partial charge in [-0.15, -0.1) is 0 Å². The molecule has 1 aromatic carbocycles. The van der Waals surface area contributed by atoms with Crippen molar-refractivity contribution in [1.82, 2.24) is 0 Å². The van der Waals surface area contributed by atoms with E-state index in [9.17, 15) is 13.6 Å². The maximum atomic E-state index is 13.6. The summed E-state index contributed by atoms with van der Waals surface area (Å²) in [5, 5.41) is 11.4. The summed E-state index contributed by atoms with van der Waals surface area (Å²) in [6, 6.07) is 3.94. The summed E-state index contributed by atoms with van der Waals surface area (Å²) in [7, 11) is 0. The highest BCUT2D eigenvalue weighted by atomic mass is 19.1.